The van der Waals surface area contributed by atoms with Gasteiger partial charge in [-0.05, 0) is 31.9 Å². The number of fused-ring (bicyclic) bond motifs is 1. The number of aliphatic carboxylic acids is 1. The van der Waals surface area contributed by atoms with E-state index in [9.17, 15) is 9.18 Å². The molecule has 1 aliphatic heterocycles. The van der Waals surface area contributed by atoms with Gasteiger partial charge in [0.2, 0.25) is 0 Å². The van der Waals surface area contributed by atoms with Gasteiger partial charge in [-0.15, -0.1) is 0 Å². The molecule has 0 spiro atoms. The zero-order chi connectivity index (χ0) is 12.6. The summed E-state index contributed by atoms with van der Waals surface area (Å²) in [6.45, 7) is 3.69. The van der Waals surface area contributed by atoms with Gasteiger partial charge in [0.25, 0.3) is 0 Å². The molecule has 0 unspecified atom stereocenters. The van der Waals surface area contributed by atoms with Gasteiger partial charge in [-0.2, -0.15) is 0 Å². The molecule has 0 aromatic heterocycles. The van der Waals surface area contributed by atoms with Crippen LogP contribution in [0.4, 0.5) is 4.39 Å². The van der Waals surface area contributed by atoms with Crippen LogP contribution < -0.4 is 4.74 Å². The highest BCUT2D eigenvalue weighted by Crippen LogP contribution is 2.32. The molecule has 1 heterocycles. The number of benzene rings is 1. The maximum Gasteiger partial charge on any atom is 0.309 e. The summed E-state index contributed by atoms with van der Waals surface area (Å²) >= 11 is 0. The van der Waals surface area contributed by atoms with Gasteiger partial charge in [-0.3, -0.25) is 4.79 Å². The quantitative estimate of drug-likeness (QED) is 0.879. The first-order valence-corrected chi connectivity index (χ1v) is 5.58. The lowest BCUT2D eigenvalue weighted by Gasteiger charge is -2.19. The number of carboxylic acid groups (broad SMARTS) is 1. The van der Waals surface area contributed by atoms with Gasteiger partial charge >= 0.3 is 5.97 Å². The SMILES string of the molecule is CC(C)(Cc1ccc2c(c1F)CCO2)C(=O)O. The minimum atomic E-state index is -0.964. The van der Waals surface area contributed by atoms with E-state index in [0.29, 0.717) is 29.9 Å². The second-order valence-corrected chi connectivity index (χ2v) is 4.98. The lowest BCUT2D eigenvalue weighted by atomic mass is 9.85. The van der Waals surface area contributed by atoms with Crippen LogP contribution in [0, 0.1) is 11.2 Å². The molecule has 0 fully saturated rings. The lowest BCUT2D eigenvalue weighted by molar-refractivity contribution is -0.146. The van der Waals surface area contributed by atoms with Crippen LogP contribution in [0.5, 0.6) is 5.75 Å². The smallest absolute Gasteiger partial charge is 0.309 e. The number of rotatable bonds is 3. The first-order valence-electron chi connectivity index (χ1n) is 5.58. The normalized spacial score (nSPS) is 14.3. The second-order valence-electron chi connectivity index (χ2n) is 4.98. The fourth-order valence-electron chi connectivity index (χ4n) is 1.97. The van der Waals surface area contributed by atoms with Crippen molar-refractivity contribution in [3.05, 3.63) is 29.1 Å². The van der Waals surface area contributed by atoms with E-state index in [-0.39, 0.29) is 12.2 Å². The summed E-state index contributed by atoms with van der Waals surface area (Å²) in [5, 5.41) is 9.04. The van der Waals surface area contributed by atoms with Crippen molar-refractivity contribution in [2.75, 3.05) is 6.61 Å². The number of carbonyl (C=O) groups is 1. The molecule has 0 aliphatic carbocycles. The average molecular weight is 238 g/mol. The van der Waals surface area contributed by atoms with Crippen LogP contribution in [-0.4, -0.2) is 17.7 Å². The molecular formula is C13H15FO3. The summed E-state index contributed by atoms with van der Waals surface area (Å²) < 4.78 is 19.4. The summed E-state index contributed by atoms with van der Waals surface area (Å²) in [6.07, 6.45) is 0.740. The van der Waals surface area contributed by atoms with E-state index >= 15 is 0 Å². The van der Waals surface area contributed by atoms with Crippen molar-refractivity contribution in [3.63, 3.8) is 0 Å². The predicted molar refractivity (Wildman–Crippen MR) is 60.7 cm³/mol. The third-order valence-electron chi connectivity index (χ3n) is 3.10. The summed E-state index contributed by atoms with van der Waals surface area (Å²) in [5.74, 6) is -0.651. The molecule has 0 atom stereocenters. The highest BCUT2D eigenvalue weighted by molar-refractivity contribution is 5.74. The number of halogens is 1. The van der Waals surface area contributed by atoms with Crippen molar-refractivity contribution in [1.82, 2.24) is 0 Å². The second kappa shape index (κ2) is 4.02. The van der Waals surface area contributed by atoms with Crippen LogP contribution in [0.1, 0.15) is 25.0 Å². The van der Waals surface area contributed by atoms with E-state index in [2.05, 4.69) is 0 Å². The van der Waals surface area contributed by atoms with Crippen molar-refractivity contribution in [2.24, 2.45) is 5.41 Å². The summed E-state index contributed by atoms with van der Waals surface area (Å²) in [4.78, 5) is 11.0. The van der Waals surface area contributed by atoms with Crippen LogP contribution in [0.15, 0.2) is 12.1 Å². The van der Waals surface area contributed by atoms with Gasteiger partial charge in [0.05, 0.1) is 12.0 Å². The number of carboxylic acids is 1. The fourth-order valence-corrected chi connectivity index (χ4v) is 1.97. The van der Waals surface area contributed by atoms with E-state index in [0.717, 1.165) is 0 Å². The van der Waals surface area contributed by atoms with Crippen LogP contribution in [-0.2, 0) is 17.6 Å². The van der Waals surface area contributed by atoms with Gasteiger partial charge < -0.3 is 9.84 Å². The van der Waals surface area contributed by atoms with Crippen LogP contribution in [0.25, 0.3) is 0 Å². The Morgan fingerprint density at radius 1 is 1.53 bits per heavy atom. The molecule has 1 aromatic rings. The van der Waals surface area contributed by atoms with E-state index in [1.807, 2.05) is 0 Å². The Balaban J connectivity index is 2.32. The van der Waals surface area contributed by atoms with Crippen molar-refractivity contribution in [1.29, 1.82) is 0 Å². The highest BCUT2D eigenvalue weighted by atomic mass is 19.1. The average Bonchev–Trinajstić information content (AvgIpc) is 2.70. The third kappa shape index (κ3) is 2.12. The fraction of sp³-hybridized carbons (Fsp3) is 0.462. The number of hydrogen-bond acceptors (Lipinski definition) is 2. The molecule has 1 N–H and O–H groups in total. The highest BCUT2D eigenvalue weighted by Gasteiger charge is 2.30. The Morgan fingerprint density at radius 3 is 2.88 bits per heavy atom. The maximum absolute atomic E-state index is 14.1. The zero-order valence-corrected chi connectivity index (χ0v) is 9.92. The Kier molecular flexibility index (Phi) is 2.81. The molecule has 0 bridgehead atoms. The Bertz CT molecular complexity index is 466. The molecule has 4 heteroatoms. The molecule has 0 saturated carbocycles. The monoisotopic (exact) mass is 238 g/mol. The predicted octanol–water partition coefficient (Wildman–Crippen LogP) is 2.41. The van der Waals surface area contributed by atoms with Gasteiger partial charge in [0, 0.05) is 12.0 Å². The van der Waals surface area contributed by atoms with Crippen molar-refractivity contribution < 1.29 is 19.0 Å². The molecule has 1 aliphatic rings. The van der Waals surface area contributed by atoms with Gasteiger partial charge in [-0.1, -0.05) is 6.07 Å². The van der Waals surface area contributed by atoms with E-state index in [4.69, 9.17) is 9.84 Å². The first kappa shape index (κ1) is 11.9. The Labute approximate surface area is 99.2 Å². The number of ether oxygens (including phenoxy) is 1. The maximum atomic E-state index is 14.1. The summed E-state index contributed by atoms with van der Waals surface area (Å²) in [6, 6.07) is 3.34. The van der Waals surface area contributed by atoms with Crippen LogP contribution in [0.3, 0.4) is 0 Å². The standard InChI is InChI=1S/C13H15FO3/c1-13(2,12(15)16)7-8-3-4-10-9(11(8)14)5-6-17-10/h3-4H,5-7H2,1-2H3,(H,15,16). The molecule has 17 heavy (non-hydrogen) atoms. The molecule has 92 valence electrons. The zero-order valence-electron chi connectivity index (χ0n) is 9.92. The molecule has 0 amide bonds. The largest absolute Gasteiger partial charge is 0.493 e. The van der Waals surface area contributed by atoms with E-state index in [1.165, 1.54) is 0 Å². The lowest BCUT2D eigenvalue weighted by Crippen LogP contribution is -2.26. The minimum absolute atomic E-state index is 0.182. The van der Waals surface area contributed by atoms with E-state index in [1.54, 1.807) is 26.0 Å². The molecule has 1 aromatic carbocycles. The van der Waals surface area contributed by atoms with E-state index < -0.39 is 11.4 Å². The third-order valence-corrected chi connectivity index (χ3v) is 3.10. The summed E-state index contributed by atoms with van der Waals surface area (Å²) in [7, 11) is 0. The molecule has 0 radical (unpaired) electrons. The van der Waals surface area contributed by atoms with Crippen molar-refractivity contribution in [2.45, 2.75) is 26.7 Å². The van der Waals surface area contributed by atoms with Crippen LogP contribution in [0.2, 0.25) is 0 Å². The minimum Gasteiger partial charge on any atom is -0.493 e. The molecule has 3 nitrogen and oxygen atoms in total. The first-order chi connectivity index (χ1) is 7.92. The Hall–Kier alpha value is -1.58. The topological polar surface area (TPSA) is 46.5 Å². The van der Waals surface area contributed by atoms with Crippen molar-refractivity contribution in [3.8, 4) is 5.75 Å². The van der Waals surface area contributed by atoms with Crippen molar-refractivity contribution >= 4 is 5.97 Å². The van der Waals surface area contributed by atoms with Gasteiger partial charge in [0.15, 0.2) is 0 Å². The molecule has 2 rings (SSSR count). The van der Waals surface area contributed by atoms with Gasteiger partial charge in [-0.25, -0.2) is 4.39 Å². The van der Waals surface area contributed by atoms with Gasteiger partial charge in [0.1, 0.15) is 11.6 Å². The molecule has 0 saturated heterocycles. The summed E-state index contributed by atoms with van der Waals surface area (Å²) in [5.41, 5.74) is 0.0551. The Morgan fingerprint density at radius 2 is 2.24 bits per heavy atom. The number of hydrogen-bond donors (Lipinski definition) is 1. The van der Waals surface area contributed by atoms with Crippen LogP contribution >= 0.6 is 0 Å². The molecular weight excluding hydrogens is 223 g/mol.